The molecule has 14 heteroatoms. The number of pyridine rings is 3. The molecule has 1 aromatic carbocycles. The molecule has 0 bridgehead atoms. The fourth-order valence-electron chi connectivity index (χ4n) is 6.78. The van der Waals surface area contributed by atoms with E-state index in [-0.39, 0.29) is 29.2 Å². The molecule has 49 heavy (non-hydrogen) atoms. The van der Waals surface area contributed by atoms with Gasteiger partial charge in [-0.2, -0.15) is 0 Å². The van der Waals surface area contributed by atoms with E-state index in [2.05, 4.69) is 36.1 Å². The standard InChI is InChI=1S/C35H35Cl2FN8O3/c1-49-34-20(15-39-16-22-6-8-27(47)42-22)5-7-25(44-34)23-11-14-40-32(30(23)37)24-3-2-4-26(29(24)36)43-33-31(38)21(10-13-41-33)17-46-18-35(19-46)12-9-28(48)45-35/h2-5,7,10-11,13-14,22,39H,6,8-9,12,15-19H2,1H3,(H,41,43)(H,42,47)(H,45,48). The van der Waals surface area contributed by atoms with Crippen molar-refractivity contribution in [1.82, 2.24) is 35.8 Å². The van der Waals surface area contributed by atoms with E-state index in [9.17, 15) is 9.59 Å². The number of carbonyl (C=O) groups is 2. The number of aromatic nitrogens is 3. The first-order valence-corrected chi connectivity index (χ1v) is 16.9. The lowest BCUT2D eigenvalue weighted by molar-refractivity contribution is -0.121. The van der Waals surface area contributed by atoms with Gasteiger partial charge in [0.05, 0.1) is 39.8 Å². The molecule has 3 aliphatic heterocycles. The molecule has 6 heterocycles. The van der Waals surface area contributed by atoms with Gasteiger partial charge in [-0.25, -0.2) is 14.4 Å². The number of likely N-dealkylation sites (tertiary alicyclic amines) is 1. The number of nitrogens with zero attached hydrogens (tertiary/aromatic N) is 4. The molecule has 11 nitrogen and oxygen atoms in total. The van der Waals surface area contributed by atoms with Gasteiger partial charge < -0.3 is 26.0 Å². The van der Waals surface area contributed by atoms with Crippen LogP contribution in [0.1, 0.15) is 36.8 Å². The number of amides is 2. The maximum absolute atomic E-state index is 15.7. The lowest BCUT2D eigenvalue weighted by Crippen LogP contribution is -2.66. The van der Waals surface area contributed by atoms with Crippen molar-refractivity contribution in [1.29, 1.82) is 0 Å². The Bertz CT molecular complexity index is 1920. The van der Waals surface area contributed by atoms with E-state index >= 15 is 4.39 Å². The SMILES string of the molecule is COc1nc(-c2ccnc(-c3cccc(Nc4nccc(CN5CC6(CCC(=O)N6)C5)c4F)c3Cl)c2Cl)ccc1CNCC1CCC(=O)N1. The Hall–Kier alpha value is -4.36. The Morgan fingerprint density at radius 2 is 1.84 bits per heavy atom. The third-order valence-electron chi connectivity index (χ3n) is 9.25. The van der Waals surface area contributed by atoms with Crippen molar-refractivity contribution in [2.45, 2.75) is 50.4 Å². The minimum atomic E-state index is -0.470. The summed E-state index contributed by atoms with van der Waals surface area (Å²) < 4.78 is 21.3. The Morgan fingerprint density at radius 3 is 2.59 bits per heavy atom. The van der Waals surface area contributed by atoms with Crippen LogP contribution in [0.3, 0.4) is 0 Å². The smallest absolute Gasteiger partial charge is 0.220 e. The molecule has 0 radical (unpaired) electrons. The second-order valence-corrected chi connectivity index (χ2v) is 13.5. The van der Waals surface area contributed by atoms with Gasteiger partial charge >= 0.3 is 0 Å². The summed E-state index contributed by atoms with van der Waals surface area (Å²) in [7, 11) is 1.56. The maximum Gasteiger partial charge on any atom is 0.220 e. The number of hydrogen-bond donors (Lipinski definition) is 4. The summed E-state index contributed by atoms with van der Waals surface area (Å²) in [5, 5.41) is 13.1. The van der Waals surface area contributed by atoms with E-state index in [4.69, 9.17) is 32.9 Å². The second-order valence-electron chi connectivity index (χ2n) is 12.7. The first-order chi connectivity index (χ1) is 23.7. The largest absolute Gasteiger partial charge is 0.481 e. The first-order valence-electron chi connectivity index (χ1n) is 16.1. The number of ether oxygens (including phenoxy) is 1. The third-order valence-corrected chi connectivity index (χ3v) is 10.0. The normalized spacial score (nSPS) is 18.3. The fraction of sp³-hybridized carbons (Fsp3) is 0.343. The van der Waals surface area contributed by atoms with Gasteiger partial charge in [-0.1, -0.05) is 41.4 Å². The number of nitrogens with one attached hydrogen (secondary N) is 4. The van der Waals surface area contributed by atoms with Gasteiger partial charge in [-0.15, -0.1) is 0 Å². The molecular formula is C35H35Cl2FN8O3. The van der Waals surface area contributed by atoms with Crippen LogP contribution in [0.15, 0.2) is 54.9 Å². The second kappa shape index (κ2) is 13.9. The van der Waals surface area contributed by atoms with Crippen LogP contribution in [0.5, 0.6) is 5.88 Å². The predicted octanol–water partition coefficient (Wildman–Crippen LogP) is 5.24. The van der Waals surface area contributed by atoms with Crippen LogP contribution < -0.4 is 26.0 Å². The van der Waals surface area contributed by atoms with Gasteiger partial charge in [0.1, 0.15) is 0 Å². The Morgan fingerprint density at radius 1 is 1.00 bits per heavy atom. The van der Waals surface area contributed by atoms with E-state index < -0.39 is 5.82 Å². The van der Waals surface area contributed by atoms with Gasteiger partial charge in [-0.3, -0.25) is 19.5 Å². The van der Waals surface area contributed by atoms with Crippen LogP contribution in [-0.2, 0) is 22.7 Å². The predicted molar refractivity (Wildman–Crippen MR) is 185 cm³/mol. The number of benzene rings is 1. The number of carbonyl (C=O) groups excluding carboxylic acids is 2. The quantitative estimate of drug-likeness (QED) is 0.166. The third kappa shape index (κ3) is 6.91. The van der Waals surface area contributed by atoms with Crippen molar-refractivity contribution in [3.05, 3.63) is 81.8 Å². The summed E-state index contributed by atoms with van der Waals surface area (Å²) in [5.41, 5.74) is 3.83. The fourth-order valence-corrected chi connectivity index (χ4v) is 7.35. The Balaban J connectivity index is 1.07. The van der Waals surface area contributed by atoms with Crippen LogP contribution in [0.2, 0.25) is 10.0 Å². The average molecular weight is 706 g/mol. The molecule has 3 saturated heterocycles. The van der Waals surface area contributed by atoms with Crippen LogP contribution in [-0.4, -0.2) is 70.0 Å². The molecule has 3 aromatic heterocycles. The molecule has 3 fully saturated rings. The summed E-state index contributed by atoms with van der Waals surface area (Å²) in [6.07, 6.45) is 5.91. The van der Waals surface area contributed by atoms with E-state index in [1.165, 1.54) is 0 Å². The molecule has 4 aromatic rings. The van der Waals surface area contributed by atoms with Crippen molar-refractivity contribution >= 4 is 46.5 Å². The minimum absolute atomic E-state index is 0.0487. The van der Waals surface area contributed by atoms with Crippen molar-refractivity contribution < 1.29 is 18.7 Å². The zero-order chi connectivity index (χ0) is 34.1. The van der Waals surface area contributed by atoms with Crippen LogP contribution >= 0.6 is 23.2 Å². The number of hydrogen-bond acceptors (Lipinski definition) is 9. The highest BCUT2D eigenvalue weighted by Crippen LogP contribution is 2.41. The molecule has 4 N–H and O–H groups in total. The summed E-state index contributed by atoms with van der Waals surface area (Å²) >= 11 is 13.9. The van der Waals surface area contributed by atoms with Crippen LogP contribution in [0.25, 0.3) is 22.5 Å². The molecule has 0 aliphatic carbocycles. The summed E-state index contributed by atoms with van der Waals surface area (Å²) in [6.45, 7) is 2.95. The lowest BCUT2D eigenvalue weighted by atomic mass is 9.88. The van der Waals surface area contributed by atoms with Gasteiger partial charge in [0.2, 0.25) is 17.7 Å². The molecule has 2 amide bonds. The number of anilines is 2. The van der Waals surface area contributed by atoms with Gasteiger partial charge in [0.25, 0.3) is 0 Å². The van der Waals surface area contributed by atoms with Crippen LogP contribution in [0, 0.1) is 5.82 Å². The van der Waals surface area contributed by atoms with Gasteiger partial charge in [0.15, 0.2) is 11.6 Å². The molecule has 1 spiro atoms. The van der Waals surface area contributed by atoms with Crippen molar-refractivity contribution in [3.63, 3.8) is 0 Å². The average Bonchev–Trinajstić information content (AvgIpc) is 3.69. The first kappa shape index (κ1) is 33.2. The summed E-state index contributed by atoms with van der Waals surface area (Å²) in [5.74, 6) is 0.190. The van der Waals surface area contributed by atoms with E-state index in [1.807, 2.05) is 12.1 Å². The van der Waals surface area contributed by atoms with E-state index in [0.29, 0.717) is 95.3 Å². The van der Waals surface area contributed by atoms with Crippen molar-refractivity contribution in [3.8, 4) is 28.4 Å². The minimum Gasteiger partial charge on any atom is -0.481 e. The monoisotopic (exact) mass is 704 g/mol. The summed E-state index contributed by atoms with van der Waals surface area (Å²) in [4.78, 5) is 38.8. The highest BCUT2D eigenvalue weighted by Gasteiger charge is 2.47. The maximum atomic E-state index is 15.7. The van der Waals surface area contributed by atoms with E-state index in [1.54, 1.807) is 49.8 Å². The molecule has 7 rings (SSSR count). The summed E-state index contributed by atoms with van der Waals surface area (Å²) in [6, 6.07) is 12.7. The molecule has 1 atom stereocenters. The van der Waals surface area contributed by atoms with Gasteiger partial charge in [-0.05, 0) is 37.1 Å². The zero-order valence-electron chi connectivity index (χ0n) is 26.8. The van der Waals surface area contributed by atoms with Crippen molar-refractivity contribution in [2.24, 2.45) is 0 Å². The number of rotatable bonds is 11. The Kier molecular flexibility index (Phi) is 9.38. The van der Waals surface area contributed by atoms with Crippen LogP contribution in [0.4, 0.5) is 15.9 Å². The molecule has 0 saturated carbocycles. The number of halogens is 3. The highest BCUT2D eigenvalue weighted by molar-refractivity contribution is 6.39. The zero-order valence-corrected chi connectivity index (χ0v) is 28.3. The number of methoxy groups -OCH3 is 1. The van der Waals surface area contributed by atoms with Crippen molar-refractivity contribution in [2.75, 3.05) is 32.1 Å². The van der Waals surface area contributed by atoms with E-state index in [0.717, 1.165) is 18.4 Å². The molecule has 3 aliphatic rings. The molecule has 254 valence electrons. The topological polar surface area (TPSA) is 133 Å². The Labute approximate surface area is 293 Å². The highest BCUT2D eigenvalue weighted by atomic mass is 35.5. The lowest BCUT2D eigenvalue weighted by Gasteiger charge is -2.48. The van der Waals surface area contributed by atoms with Gasteiger partial charge in [0, 0.05) is 86.3 Å². The molecule has 1 unspecified atom stereocenters. The molecular weight excluding hydrogens is 670 g/mol.